The summed E-state index contributed by atoms with van der Waals surface area (Å²) in [5, 5.41) is 9.89. The zero-order chi connectivity index (χ0) is 37.7. The van der Waals surface area contributed by atoms with Crippen molar-refractivity contribution in [2.75, 3.05) is 31.4 Å². The molecule has 0 radical (unpaired) electrons. The van der Waals surface area contributed by atoms with Gasteiger partial charge >= 0.3 is 17.9 Å². The monoisotopic (exact) mass is 765 g/mol. The number of β-lactam (4-membered cyclic amide) rings is 1. The lowest BCUT2D eigenvalue weighted by Gasteiger charge is -2.48. The van der Waals surface area contributed by atoms with Crippen LogP contribution >= 0.6 is 23.1 Å². The summed E-state index contributed by atoms with van der Waals surface area (Å²) in [7, 11) is 1.25. The van der Waals surface area contributed by atoms with Crippen LogP contribution < -0.4 is 10.6 Å². The number of aromatic nitrogens is 1. The zero-order valence-electron chi connectivity index (χ0n) is 30.2. The number of amides is 3. The van der Waals surface area contributed by atoms with Crippen LogP contribution in [-0.2, 0) is 47.8 Å². The maximum Gasteiger partial charge on any atom is 0.355 e. The Morgan fingerprint density at radius 1 is 0.962 bits per heavy atom. The Bertz CT molecular complexity index is 1390. The minimum atomic E-state index is -1.10. The van der Waals surface area contributed by atoms with Gasteiger partial charge in [-0.15, -0.1) is 23.1 Å². The molecule has 3 heterocycles. The van der Waals surface area contributed by atoms with Crippen molar-refractivity contribution in [1.82, 2.24) is 15.2 Å². The number of fused-ring (bicyclic) bond motifs is 1. The summed E-state index contributed by atoms with van der Waals surface area (Å²) in [5.41, 5.74) is -0.111. The lowest BCUT2D eigenvalue weighted by molar-refractivity contribution is -0.167. The highest BCUT2D eigenvalue weighted by molar-refractivity contribution is 8.00. The van der Waals surface area contributed by atoms with Crippen LogP contribution in [0.15, 0.2) is 22.3 Å². The third-order valence-electron chi connectivity index (χ3n) is 8.27. The van der Waals surface area contributed by atoms with Crippen LogP contribution in [0, 0.1) is 0 Å². The Kier molecular flexibility index (Phi) is 19.2. The average molecular weight is 766 g/mol. The summed E-state index contributed by atoms with van der Waals surface area (Å²) in [4.78, 5) is 85.9. The SMILES string of the molecule is CCCCCCCCC(=O)OCC(COC(=O)CCCCCCCC)OC(=O)C1=CCS[C@H]2C(NC(=O)C(=NOC)c3csc(NC=O)n3)C(=O)N12. The summed E-state index contributed by atoms with van der Waals surface area (Å²) in [6.07, 6.45) is 13.4. The van der Waals surface area contributed by atoms with E-state index in [-0.39, 0.29) is 48.3 Å². The van der Waals surface area contributed by atoms with Crippen LogP contribution in [0.25, 0.3) is 0 Å². The number of unbranched alkanes of at least 4 members (excludes halogenated alkanes) is 10. The van der Waals surface area contributed by atoms with E-state index in [1.807, 2.05) is 0 Å². The van der Waals surface area contributed by atoms with Gasteiger partial charge in [0.2, 0.25) is 6.41 Å². The Hall–Kier alpha value is -3.99. The van der Waals surface area contributed by atoms with Gasteiger partial charge in [-0.2, -0.15) is 0 Å². The number of rotatable bonds is 26. The highest BCUT2D eigenvalue weighted by Crippen LogP contribution is 2.38. The second kappa shape index (κ2) is 23.5. The number of thiazole rings is 1. The average Bonchev–Trinajstić information content (AvgIpc) is 3.61. The Morgan fingerprint density at radius 2 is 1.56 bits per heavy atom. The van der Waals surface area contributed by atoms with Crippen LogP contribution in [0.3, 0.4) is 0 Å². The standard InChI is InChI=1S/C35H51N5O10S2/c1-4-6-8-10-12-14-16-27(42)48-20-24(21-49-28(43)17-15-13-11-9-7-5-2)50-34(46)26-18-19-51-33-30(32(45)40(26)33)38-31(44)29(39-47-3)25-22-52-35(37-25)36-23-41/h18,22-24,30,33H,4-17,19-21H2,1-3H3,(H,38,44)(H,36,37,41)/t30?,33-/m0/s1. The quantitative estimate of drug-likeness (QED) is 0.0248. The number of ether oxygens (including phenoxy) is 3. The number of thioether (sulfide) groups is 1. The van der Waals surface area contributed by atoms with Gasteiger partial charge in [0, 0.05) is 24.0 Å². The van der Waals surface area contributed by atoms with Gasteiger partial charge in [0.25, 0.3) is 11.8 Å². The molecule has 3 rings (SSSR count). The molecule has 52 heavy (non-hydrogen) atoms. The number of esters is 3. The maximum atomic E-state index is 13.5. The van der Waals surface area contributed by atoms with Crippen LogP contribution in [0.5, 0.6) is 0 Å². The first-order valence-electron chi connectivity index (χ1n) is 18.0. The number of nitrogens with one attached hydrogen (secondary N) is 2. The highest BCUT2D eigenvalue weighted by atomic mass is 32.2. The molecule has 2 atom stereocenters. The molecule has 2 aliphatic rings. The molecular weight excluding hydrogens is 715 g/mol. The van der Waals surface area contributed by atoms with E-state index < -0.39 is 47.2 Å². The van der Waals surface area contributed by atoms with E-state index in [4.69, 9.17) is 19.0 Å². The molecule has 1 saturated heterocycles. The number of anilines is 1. The van der Waals surface area contributed by atoms with Gasteiger partial charge in [-0.25, -0.2) is 9.78 Å². The van der Waals surface area contributed by atoms with Gasteiger partial charge in [-0.1, -0.05) is 83.2 Å². The fourth-order valence-electron chi connectivity index (χ4n) is 5.48. The number of oxime groups is 1. The summed E-state index contributed by atoms with van der Waals surface area (Å²) in [5.74, 6) is -2.70. The van der Waals surface area contributed by atoms with Crippen molar-refractivity contribution < 1.29 is 47.8 Å². The van der Waals surface area contributed by atoms with Gasteiger partial charge in [0.05, 0.1) is 0 Å². The van der Waals surface area contributed by atoms with Crippen LogP contribution in [0.2, 0.25) is 0 Å². The molecule has 1 aromatic rings. The van der Waals surface area contributed by atoms with E-state index >= 15 is 0 Å². The largest absolute Gasteiger partial charge is 0.462 e. The fourth-order valence-corrected chi connectivity index (χ4v) is 7.33. The van der Waals surface area contributed by atoms with Gasteiger partial charge in [0.1, 0.15) is 43.1 Å². The third-order valence-corrected chi connectivity index (χ3v) is 10.2. The van der Waals surface area contributed by atoms with Crippen molar-refractivity contribution >= 4 is 70.1 Å². The predicted octanol–water partition coefficient (Wildman–Crippen LogP) is 4.85. The minimum absolute atomic E-state index is 0.0316. The molecule has 288 valence electrons. The second-order valence-electron chi connectivity index (χ2n) is 12.3. The van der Waals surface area contributed by atoms with Crippen molar-refractivity contribution in [1.29, 1.82) is 0 Å². The first kappa shape index (κ1) is 42.4. The summed E-state index contributed by atoms with van der Waals surface area (Å²) in [6, 6.07) is -0.996. The van der Waals surface area contributed by atoms with E-state index in [1.54, 1.807) is 6.08 Å². The smallest absolute Gasteiger partial charge is 0.355 e. The number of hydrogen-bond acceptors (Lipinski definition) is 14. The van der Waals surface area contributed by atoms with Crippen LogP contribution in [0.4, 0.5) is 5.13 Å². The molecule has 1 unspecified atom stereocenters. The van der Waals surface area contributed by atoms with Crippen LogP contribution in [0.1, 0.15) is 109 Å². The fraction of sp³-hybridized carbons (Fsp3) is 0.657. The summed E-state index contributed by atoms with van der Waals surface area (Å²) in [6.45, 7) is 3.65. The van der Waals surface area contributed by atoms with Crippen molar-refractivity contribution in [3.8, 4) is 0 Å². The van der Waals surface area contributed by atoms with E-state index in [9.17, 15) is 28.8 Å². The van der Waals surface area contributed by atoms with Crippen molar-refractivity contribution in [2.45, 2.75) is 121 Å². The molecule has 0 aromatic carbocycles. The summed E-state index contributed by atoms with van der Waals surface area (Å²) >= 11 is 2.40. The Labute approximate surface area is 313 Å². The lowest BCUT2D eigenvalue weighted by Crippen LogP contribution is -2.70. The van der Waals surface area contributed by atoms with E-state index in [2.05, 4.69) is 34.6 Å². The Balaban J connectivity index is 1.59. The number of hydrogen-bond donors (Lipinski definition) is 2. The van der Waals surface area contributed by atoms with Crippen LogP contribution in [-0.4, -0.2) is 95.3 Å². The van der Waals surface area contributed by atoms with E-state index in [0.29, 0.717) is 25.0 Å². The zero-order valence-corrected chi connectivity index (χ0v) is 31.9. The van der Waals surface area contributed by atoms with Gasteiger partial charge in [-0.05, 0) is 18.9 Å². The molecule has 0 saturated carbocycles. The molecule has 1 aromatic heterocycles. The maximum absolute atomic E-state index is 13.5. The molecule has 2 aliphatic heterocycles. The van der Waals surface area contributed by atoms with Gasteiger partial charge in [0.15, 0.2) is 16.9 Å². The normalized spacial score (nSPS) is 16.7. The second-order valence-corrected chi connectivity index (χ2v) is 14.3. The molecule has 0 aliphatic carbocycles. The molecular formula is C35H51N5O10S2. The molecule has 2 N–H and O–H groups in total. The molecule has 15 nitrogen and oxygen atoms in total. The lowest BCUT2D eigenvalue weighted by atomic mass is 10.0. The molecule has 0 bridgehead atoms. The summed E-state index contributed by atoms with van der Waals surface area (Å²) < 4.78 is 16.5. The van der Waals surface area contributed by atoms with E-state index in [1.165, 1.54) is 29.2 Å². The first-order chi connectivity index (χ1) is 25.2. The number of carbonyl (C=O) groups excluding carboxylic acids is 6. The number of nitrogens with zero attached hydrogens (tertiary/aromatic N) is 3. The molecule has 1 fully saturated rings. The Morgan fingerprint density at radius 3 is 2.13 bits per heavy atom. The van der Waals surface area contributed by atoms with Crippen molar-refractivity contribution in [3.63, 3.8) is 0 Å². The molecule has 17 heteroatoms. The highest BCUT2D eigenvalue weighted by Gasteiger charge is 2.53. The van der Waals surface area contributed by atoms with Gasteiger partial charge in [-0.3, -0.25) is 28.9 Å². The number of carbonyl (C=O) groups is 6. The first-order valence-corrected chi connectivity index (χ1v) is 19.9. The predicted molar refractivity (Wildman–Crippen MR) is 196 cm³/mol. The van der Waals surface area contributed by atoms with Crippen molar-refractivity contribution in [3.05, 3.63) is 22.8 Å². The molecule has 0 spiro atoms. The topological polar surface area (TPSA) is 192 Å². The van der Waals surface area contributed by atoms with E-state index in [0.717, 1.165) is 75.5 Å². The van der Waals surface area contributed by atoms with Gasteiger partial charge < -0.3 is 29.7 Å². The minimum Gasteiger partial charge on any atom is -0.462 e. The molecule has 3 amide bonds. The van der Waals surface area contributed by atoms with Crippen molar-refractivity contribution in [2.24, 2.45) is 5.16 Å². The third kappa shape index (κ3) is 13.5.